The van der Waals surface area contributed by atoms with E-state index in [0.29, 0.717) is 18.8 Å². The molecular formula is C9H12N2O2S. The van der Waals surface area contributed by atoms with E-state index in [0.717, 1.165) is 11.1 Å². The predicted molar refractivity (Wildman–Crippen MR) is 54.9 cm³/mol. The molecule has 0 aliphatic carbocycles. The second-order valence-electron chi connectivity index (χ2n) is 3.56. The van der Waals surface area contributed by atoms with Gasteiger partial charge in [-0.1, -0.05) is 6.07 Å². The van der Waals surface area contributed by atoms with Gasteiger partial charge in [0.2, 0.25) is 10.0 Å². The predicted octanol–water partition coefficient (Wildman–Crippen LogP) is 0.544. The molecule has 1 aliphatic heterocycles. The summed E-state index contributed by atoms with van der Waals surface area (Å²) in [6.07, 6.45) is 1.22. The highest BCUT2D eigenvalue weighted by Gasteiger charge is 2.25. The van der Waals surface area contributed by atoms with Crippen LogP contribution >= 0.6 is 0 Å². The number of nitrogen functional groups attached to an aromatic ring is 1. The summed E-state index contributed by atoms with van der Waals surface area (Å²) in [6.45, 7) is 0.910. The average Bonchev–Trinajstić information content (AvgIpc) is 2.45. The molecule has 1 heterocycles. The fourth-order valence-corrected chi connectivity index (χ4v) is 2.36. The number of hydrogen-bond acceptors (Lipinski definition) is 3. The summed E-state index contributed by atoms with van der Waals surface area (Å²) in [5.74, 6) is 0. The molecule has 4 nitrogen and oxygen atoms in total. The van der Waals surface area contributed by atoms with Crippen LogP contribution in [0.4, 0.5) is 5.69 Å². The summed E-state index contributed by atoms with van der Waals surface area (Å²) in [5, 5.41) is 0. The van der Waals surface area contributed by atoms with Gasteiger partial charge in [-0.2, -0.15) is 4.31 Å². The lowest BCUT2D eigenvalue weighted by atomic mass is 10.1. The van der Waals surface area contributed by atoms with Crippen LogP contribution in [0.25, 0.3) is 0 Å². The third-order valence-corrected chi connectivity index (χ3v) is 3.59. The number of nitrogens with two attached hydrogens (primary N) is 1. The van der Waals surface area contributed by atoms with Crippen LogP contribution in [0, 0.1) is 0 Å². The molecule has 0 amide bonds. The van der Waals surface area contributed by atoms with Gasteiger partial charge in [-0.15, -0.1) is 0 Å². The SMILES string of the molecule is CS(=O)(=O)N1Cc2ccc(N)cc2C1. The molecule has 5 heteroatoms. The van der Waals surface area contributed by atoms with Crippen molar-refractivity contribution in [2.75, 3.05) is 12.0 Å². The first-order chi connectivity index (χ1) is 6.47. The summed E-state index contributed by atoms with van der Waals surface area (Å²) in [4.78, 5) is 0. The molecule has 1 aromatic rings. The van der Waals surface area contributed by atoms with Gasteiger partial charge in [-0.25, -0.2) is 8.42 Å². The van der Waals surface area contributed by atoms with Gasteiger partial charge in [-0.3, -0.25) is 0 Å². The fourth-order valence-electron chi connectivity index (χ4n) is 1.62. The molecule has 0 unspecified atom stereocenters. The van der Waals surface area contributed by atoms with Crippen LogP contribution in [0.1, 0.15) is 11.1 Å². The van der Waals surface area contributed by atoms with Gasteiger partial charge < -0.3 is 5.73 Å². The molecule has 2 N–H and O–H groups in total. The van der Waals surface area contributed by atoms with E-state index in [1.807, 2.05) is 12.1 Å². The Morgan fingerprint density at radius 2 is 1.93 bits per heavy atom. The highest BCUT2D eigenvalue weighted by atomic mass is 32.2. The summed E-state index contributed by atoms with van der Waals surface area (Å²) in [6, 6.07) is 5.51. The number of anilines is 1. The molecule has 0 bridgehead atoms. The molecule has 2 rings (SSSR count). The van der Waals surface area contributed by atoms with Crippen molar-refractivity contribution in [2.24, 2.45) is 0 Å². The highest BCUT2D eigenvalue weighted by Crippen LogP contribution is 2.26. The second kappa shape index (κ2) is 2.96. The topological polar surface area (TPSA) is 63.4 Å². The van der Waals surface area contributed by atoms with Gasteiger partial charge in [0.1, 0.15) is 0 Å². The Kier molecular flexibility index (Phi) is 2.01. The first kappa shape index (κ1) is 9.48. The minimum atomic E-state index is -3.09. The number of fused-ring (bicyclic) bond motifs is 1. The maximum absolute atomic E-state index is 11.3. The van der Waals surface area contributed by atoms with Crippen LogP contribution in [0.5, 0.6) is 0 Å². The molecular weight excluding hydrogens is 200 g/mol. The van der Waals surface area contributed by atoms with Crippen molar-refractivity contribution in [3.05, 3.63) is 29.3 Å². The Hall–Kier alpha value is -1.07. The van der Waals surface area contributed by atoms with E-state index in [4.69, 9.17) is 5.73 Å². The van der Waals surface area contributed by atoms with Crippen LogP contribution in [-0.2, 0) is 23.1 Å². The van der Waals surface area contributed by atoms with E-state index in [1.165, 1.54) is 10.6 Å². The van der Waals surface area contributed by atoms with Crippen molar-refractivity contribution in [2.45, 2.75) is 13.1 Å². The number of hydrogen-bond donors (Lipinski definition) is 1. The minimum absolute atomic E-state index is 0.444. The van der Waals surface area contributed by atoms with Crippen LogP contribution in [0.3, 0.4) is 0 Å². The number of nitrogens with zero attached hydrogens (tertiary/aromatic N) is 1. The quantitative estimate of drug-likeness (QED) is 0.691. The molecule has 0 saturated heterocycles. The van der Waals surface area contributed by atoms with Crippen molar-refractivity contribution in [3.63, 3.8) is 0 Å². The third-order valence-electron chi connectivity index (χ3n) is 2.39. The molecule has 14 heavy (non-hydrogen) atoms. The zero-order chi connectivity index (χ0) is 10.3. The van der Waals surface area contributed by atoms with E-state index < -0.39 is 10.0 Å². The van der Waals surface area contributed by atoms with E-state index in [-0.39, 0.29) is 0 Å². The molecule has 0 aromatic heterocycles. The van der Waals surface area contributed by atoms with Crippen LogP contribution in [0.15, 0.2) is 18.2 Å². The zero-order valence-electron chi connectivity index (χ0n) is 7.90. The van der Waals surface area contributed by atoms with Crippen molar-refractivity contribution in [1.29, 1.82) is 0 Å². The molecule has 1 aliphatic rings. The van der Waals surface area contributed by atoms with Crippen molar-refractivity contribution >= 4 is 15.7 Å². The molecule has 0 atom stereocenters. The van der Waals surface area contributed by atoms with E-state index in [9.17, 15) is 8.42 Å². The maximum Gasteiger partial charge on any atom is 0.211 e. The molecule has 0 fully saturated rings. The smallest absolute Gasteiger partial charge is 0.211 e. The Morgan fingerprint density at radius 1 is 1.29 bits per heavy atom. The summed E-state index contributed by atoms with van der Waals surface area (Å²) < 4.78 is 24.0. The van der Waals surface area contributed by atoms with E-state index in [1.54, 1.807) is 6.07 Å². The standard InChI is InChI=1S/C9H12N2O2S/c1-14(12,13)11-5-7-2-3-9(10)4-8(7)6-11/h2-4H,5-6,10H2,1H3. The third kappa shape index (κ3) is 1.60. The zero-order valence-corrected chi connectivity index (χ0v) is 8.71. The van der Waals surface area contributed by atoms with Gasteiger partial charge >= 0.3 is 0 Å². The average molecular weight is 212 g/mol. The van der Waals surface area contributed by atoms with Gasteiger partial charge in [0.15, 0.2) is 0 Å². The number of sulfonamides is 1. The maximum atomic E-state index is 11.3. The highest BCUT2D eigenvalue weighted by molar-refractivity contribution is 7.88. The number of rotatable bonds is 1. The largest absolute Gasteiger partial charge is 0.399 e. The van der Waals surface area contributed by atoms with E-state index >= 15 is 0 Å². The van der Waals surface area contributed by atoms with Crippen LogP contribution in [-0.4, -0.2) is 19.0 Å². The van der Waals surface area contributed by atoms with Crippen molar-refractivity contribution in [1.82, 2.24) is 4.31 Å². The Bertz CT molecular complexity index is 468. The lowest BCUT2D eigenvalue weighted by molar-refractivity contribution is 0.436. The van der Waals surface area contributed by atoms with Gasteiger partial charge in [0.25, 0.3) is 0 Å². The first-order valence-electron chi connectivity index (χ1n) is 4.29. The van der Waals surface area contributed by atoms with Crippen LogP contribution < -0.4 is 5.73 Å². The molecule has 1 aromatic carbocycles. The molecule has 0 saturated carbocycles. The molecule has 0 radical (unpaired) electrons. The van der Waals surface area contributed by atoms with Gasteiger partial charge in [0.05, 0.1) is 6.26 Å². The first-order valence-corrected chi connectivity index (χ1v) is 6.14. The number of benzene rings is 1. The van der Waals surface area contributed by atoms with Gasteiger partial charge in [-0.05, 0) is 23.3 Å². The Morgan fingerprint density at radius 3 is 2.57 bits per heavy atom. The summed E-state index contributed by atoms with van der Waals surface area (Å²) in [5.41, 5.74) is 8.35. The summed E-state index contributed by atoms with van der Waals surface area (Å²) >= 11 is 0. The Balaban J connectivity index is 2.35. The van der Waals surface area contributed by atoms with Crippen molar-refractivity contribution < 1.29 is 8.42 Å². The summed E-state index contributed by atoms with van der Waals surface area (Å²) in [7, 11) is -3.09. The lowest BCUT2D eigenvalue weighted by Gasteiger charge is -2.10. The second-order valence-corrected chi connectivity index (χ2v) is 5.54. The Labute approximate surface area is 83.4 Å². The molecule has 76 valence electrons. The minimum Gasteiger partial charge on any atom is -0.399 e. The fraction of sp³-hybridized carbons (Fsp3) is 0.333. The van der Waals surface area contributed by atoms with E-state index in [2.05, 4.69) is 0 Å². The normalized spacial score (nSPS) is 16.9. The van der Waals surface area contributed by atoms with Crippen molar-refractivity contribution in [3.8, 4) is 0 Å². The van der Waals surface area contributed by atoms with Gasteiger partial charge in [0, 0.05) is 18.8 Å². The molecule has 0 spiro atoms. The van der Waals surface area contributed by atoms with Crippen LogP contribution in [0.2, 0.25) is 0 Å². The lowest BCUT2D eigenvalue weighted by Crippen LogP contribution is -2.23. The monoisotopic (exact) mass is 212 g/mol.